The van der Waals surface area contributed by atoms with Gasteiger partial charge >= 0.3 is 11.8 Å². The van der Waals surface area contributed by atoms with E-state index in [1.165, 1.54) is 64.2 Å². The zero-order chi connectivity index (χ0) is 17.6. The summed E-state index contributed by atoms with van der Waals surface area (Å²) in [6.45, 7) is 8.04. The van der Waals surface area contributed by atoms with E-state index in [0.717, 1.165) is 39.0 Å². The molecule has 0 fully saturated rings. The SMILES string of the molecule is CCCCCCCCN1CC[N+](CCCCCCCC)=C1C(=O)O. The van der Waals surface area contributed by atoms with Crippen molar-refractivity contribution in [3.8, 4) is 0 Å². The van der Waals surface area contributed by atoms with Crippen molar-refractivity contribution in [2.24, 2.45) is 0 Å². The quantitative estimate of drug-likeness (QED) is 0.352. The molecular weight excluding hydrogens is 300 g/mol. The maximum atomic E-state index is 11.7. The lowest BCUT2D eigenvalue weighted by molar-refractivity contribution is -0.518. The Bertz CT molecular complexity index is 380. The van der Waals surface area contributed by atoms with Crippen molar-refractivity contribution in [2.75, 3.05) is 26.2 Å². The van der Waals surface area contributed by atoms with Gasteiger partial charge < -0.3 is 5.11 Å². The summed E-state index contributed by atoms with van der Waals surface area (Å²) in [4.78, 5) is 13.7. The Hall–Kier alpha value is -1.06. The summed E-state index contributed by atoms with van der Waals surface area (Å²) in [5, 5.41) is 9.58. The molecule has 1 rings (SSSR count). The number of carboxylic acids is 1. The topological polar surface area (TPSA) is 43.5 Å². The van der Waals surface area contributed by atoms with Crippen LogP contribution in [0.25, 0.3) is 0 Å². The Kier molecular flexibility index (Phi) is 11.6. The Balaban J connectivity index is 2.31. The highest BCUT2D eigenvalue weighted by Crippen LogP contribution is 2.11. The van der Waals surface area contributed by atoms with Gasteiger partial charge in [0.05, 0.1) is 13.1 Å². The van der Waals surface area contributed by atoms with Crippen molar-refractivity contribution in [3.63, 3.8) is 0 Å². The summed E-state index contributed by atoms with van der Waals surface area (Å²) in [6.07, 6.45) is 15.1. The van der Waals surface area contributed by atoms with Gasteiger partial charge in [-0.15, -0.1) is 0 Å². The lowest BCUT2D eigenvalue weighted by Gasteiger charge is -2.10. The Morgan fingerprint density at radius 1 is 0.917 bits per heavy atom. The molecule has 1 aliphatic heterocycles. The summed E-state index contributed by atoms with van der Waals surface area (Å²) in [7, 11) is 0. The van der Waals surface area contributed by atoms with E-state index in [-0.39, 0.29) is 0 Å². The number of amidine groups is 1. The van der Waals surface area contributed by atoms with Gasteiger partial charge in [-0.2, -0.15) is 0 Å². The molecule has 0 aromatic heterocycles. The fraction of sp³-hybridized carbons (Fsp3) is 0.900. The van der Waals surface area contributed by atoms with Crippen LogP contribution in [0.1, 0.15) is 90.9 Å². The van der Waals surface area contributed by atoms with E-state index in [2.05, 4.69) is 23.3 Å². The Morgan fingerprint density at radius 2 is 1.46 bits per heavy atom. The van der Waals surface area contributed by atoms with E-state index in [1.54, 1.807) is 0 Å². The molecule has 0 spiro atoms. The number of aliphatic carboxylic acids is 1. The standard InChI is InChI=1S/C20H38N2O2/c1-3-5-7-9-11-13-15-21-17-18-22(19(21)20(23)24)16-14-12-10-8-6-4-2/h3-18H2,1-2H3/p+1. The molecule has 0 aromatic carbocycles. The predicted octanol–water partition coefficient (Wildman–Crippen LogP) is 4.52. The average Bonchev–Trinajstić information content (AvgIpc) is 2.97. The van der Waals surface area contributed by atoms with Crippen molar-refractivity contribution < 1.29 is 14.5 Å². The molecule has 0 aromatic rings. The van der Waals surface area contributed by atoms with E-state index in [9.17, 15) is 9.90 Å². The molecular formula is C20H39N2O2+. The van der Waals surface area contributed by atoms with E-state index >= 15 is 0 Å². The largest absolute Gasteiger partial charge is 0.472 e. The smallest absolute Gasteiger partial charge is 0.418 e. The molecule has 0 atom stereocenters. The average molecular weight is 340 g/mol. The first-order valence-electron chi connectivity index (χ1n) is 10.3. The monoisotopic (exact) mass is 339 g/mol. The van der Waals surface area contributed by atoms with E-state index < -0.39 is 5.97 Å². The second-order valence-electron chi connectivity index (χ2n) is 7.14. The highest BCUT2D eigenvalue weighted by atomic mass is 16.4. The summed E-state index contributed by atoms with van der Waals surface area (Å²) >= 11 is 0. The second-order valence-corrected chi connectivity index (χ2v) is 7.14. The molecule has 1 heterocycles. The lowest BCUT2D eigenvalue weighted by atomic mass is 10.1. The molecule has 0 aliphatic carbocycles. The zero-order valence-corrected chi connectivity index (χ0v) is 16.1. The summed E-state index contributed by atoms with van der Waals surface area (Å²) in [5.41, 5.74) is 0. The first-order chi connectivity index (χ1) is 11.7. The molecule has 0 amide bonds. The summed E-state index contributed by atoms with van der Waals surface area (Å²) < 4.78 is 2.10. The van der Waals surface area contributed by atoms with Crippen molar-refractivity contribution in [1.29, 1.82) is 0 Å². The number of rotatable bonds is 15. The molecule has 0 saturated heterocycles. The number of unbranched alkanes of at least 4 members (excludes halogenated alkanes) is 10. The molecule has 0 unspecified atom stereocenters. The number of carboxylic acid groups (broad SMARTS) is 1. The molecule has 1 aliphatic rings. The molecule has 0 bridgehead atoms. The predicted molar refractivity (Wildman–Crippen MR) is 101 cm³/mol. The lowest BCUT2D eigenvalue weighted by Crippen LogP contribution is -2.37. The van der Waals surface area contributed by atoms with Crippen molar-refractivity contribution in [2.45, 2.75) is 90.9 Å². The van der Waals surface area contributed by atoms with Gasteiger partial charge in [0.25, 0.3) is 0 Å². The van der Waals surface area contributed by atoms with Crippen LogP contribution in [-0.4, -0.2) is 52.6 Å². The van der Waals surface area contributed by atoms with Gasteiger partial charge in [-0.05, 0) is 25.7 Å². The first kappa shape index (κ1) is 21.0. The van der Waals surface area contributed by atoms with Crippen molar-refractivity contribution in [3.05, 3.63) is 0 Å². The van der Waals surface area contributed by atoms with Crippen LogP contribution in [0.3, 0.4) is 0 Å². The normalized spacial score (nSPS) is 14.7. The third kappa shape index (κ3) is 8.16. The van der Waals surface area contributed by atoms with Gasteiger partial charge in [0.2, 0.25) is 0 Å². The maximum Gasteiger partial charge on any atom is 0.418 e. The molecule has 24 heavy (non-hydrogen) atoms. The van der Waals surface area contributed by atoms with Crippen LogP contribution in [0, 0.1) is 0 Å². The van der Waals surface area contributed by atoms with Crippen LogP contribution < -0.4 is 0 Å². The molecule has 4 heteroatoms. The fourth-order valence-corrected chi connectivity index (χ4v) is 3.53. The molecule has 1 N–H and O–H groups in total. The Morgan fingerprint density at radius 3 is 2.04 bits per heavy atom. The Labute approximate surface area is 148 Å². The number of carbonyl (C=O) groups is 1. The second kappa shape index (κ2) is 13.3. The van der Waals surface area contributed by atoms with Crippen LogP contribution in [0.15, 0.2) is 0 Å². The minimum Gasteiger partial charge on any atom is -0.472 e. The number of hydrogen-bond acceptors (Lipinski definition) is 2. The third-order valence-electron chi connectivity index (χ3n) is 4.99. The summed E-state index contributed by atoms with van der Waals surface area (Å²) in [5.74, 6) is -0.193. The molecule has 0 saturated carbocycles. The zero-order valence-electron chi connectivity index (χ0n) is 16.1. The van der Waals surface area contributed by atoms with Crippen molar-refractivity contribution >= 4 is 11.8 Å². The van der Waals surface area contributed by atoms with E-state index in [1.807, 2.05) is 0 Å². The number of nitrogens with zero attached hydrogens (tertiary/aromatic N) is 2. The first-order valence-corrected chi connectivity index (χ1v) is 10.3. The van der Waals surface area contributed by atoms with Crippen molar-refractivity contribution in [1.82, 2.24) is 4.90 Å². The molecule has 140 valence electrons. The van der Waals surface area contributed by atoms with Crippen LogP contribution in [-0.2, 0) is 4.79 Å². The minimum absolute atomic E-state index is 0.553. The van der Waals surface area contributed by atoms with Gasteiger partial charge in [0.15, 0.2) is 0 Å². The van der Waals surface area contributed by atoms with Gasteiger partial charge in [0.1, 0.15) is 13.1 Å². The van der Waals surface area contributed by atoms with Crippen LogP contribution >= 0.6 is 0 Å². The highest BCUT2D eigenvalue weighted by Gasteiger charge is 2.35. The van der Waals surface area contributed by atoms with E-state index in [4.69, 9.17) is 0 Å². The number of hydrogen-bond donors (Lipinski definition) is 1. The van der Waals surface area contributed by atoms with E-state index in [0.29, 0.717) is 5.84 Å². The van der Waals surface area contributed by atoms with Crippen LogP contribution in [0.2, 0.25) is 0 Å². The van der Waals surface area contributed by atoms with Gasteiger partial charge in [-0.25, -0.2) is 4.79 Å². The van der Waals surface area contributed by atoms with Crippen LogP contribution in [0.5, 0.6) is 0 Å². The molecule has 0 radical (unpaired) electrons. The highest BCUT2D eigenvalue weighted by molar-refractivity contribution is 6.32. The molecule has 4 nitrogen and oxygen atoms in total. The van der Waals surface area contributed by atoms with Gasteiger partial charge in [-0.1, -0.05) is 65.2 Å². The van der Waals surface area contributed by atoms with Gasteiger partial charge in [-0.3, -0.25) is 9.48 Å². The van der Waals surface area contributed by atoms with Gasteiger partial charge in [0, 0.05) is 0 Å². The maximum absolute atomic E-state index is 11.7. The fourth-order valence-electron chi connectivity index (χ4n) is 3.53. The third-order valence-corrected chi connectivity index (χ3v) is 4.99. The van der Waals surface area contributed by atoms with Crippen LogP contribution in [0.4, 0.5) is 0 Å². The summed E-state index contributed by atoms with van der Waals surface area (Å²) in [6, 6.07) is 0. The minimum atomic E-state index is -0.746.